The zero-order valence-corrected chi connectivity index (χ0v) is 12.6. The molecule has 2 rings (SSSR count). The number of ether oxygens (including phenoxy) is 2. The molecule has 0 unspecified atom stereocenters. The van der Waals surface area contributed by atoms with Gasteiger partial charge in [-0.1, -0.05) is 0 Å². The van der Waals surface area contributed by atoms with Gasteiger partial charge < -0.3 is 14.0 Å². The summed E-state index contributed by atoms with van der Waals surface area (Å²) < 4.78 is 12.4. The van der Waals surface area contributed by atoms with E-state index >= 15 is 0 Å². The van der Waals surface area contributed by atoms with E-state index in [0.29, 0.717) is 11.4 Å². The third-order valence-electron chi connectivity index (χ3n) is 2.61. The molecule has 1 N–H and O–H groups in total. The molecule has 112 valence electrons. The maximum absolute atomic E-state index is 11.8. The number of rotatable bonds is 3. The summed E-state index contributed by atoms with van der Waals surface area (Å²) in [7, 11) is 1.58. The molecular formula is C15H19N3O3. The van der Waals surface area contributed by atoms with Crippen LogP contribution in [0.15, 0.2) is 36.9 Å². The largest absolute Gasteiger partial charge is 0.494 e. The second-order valence-corrected chi connectivity index (χ2v) is 5.48. The van der Waals surface area contributed by atoms with Gasteiger partial charge in [-0.2, -0.15) is 0 Å². The third kappa shape index (κ3) is 3.98. The molecule has 21 heavy (non-hydrogen) atoms. The smallest absolute Gasteiger partial charge is 0.412 e. The number of nitrogens with zero attached hydrogens (tertiary/aromatic N) is 2. The van der Waals surface area contributed by atoms with E-state index in [1.165, 1.54) is 0 Å². The average molecular weight is 289 g/mol. The second-order valence-electron chi connectivity index (χ2n) is 5.48. The Kier molecular flexibility index (Phi) is 4.16. The maximum atomic E-state index is 11.8. The lowest BCUT2D eigenvalue weighted by Crippen LogP contribution is -2.27. The quantitative estimate of drug-likeness (QED) is 0.942. The van der Waals surface area contributed by atoms with Crippen molar-refractivity contribution < 1.29 is 14.3 Å². The molecule has 1 amide bonds. The van der Waals surface area contributed by atoms with Crippen LogP contribution in [0.25, 0.3) is 5.69 Å². The minimum Gasteiger partial charge on any atom is -0.494 e. The minimum atomic E-state index is -0.537. The number of carbonyl (C=O) groups excluding carboxylic acids is 1. The van der Waals surface area contributed by atoms with Crippen LogP contribution in [0.1, 0.15) is 20.8 Å². The summed E-state index contributed by atoms with van der Waals surface area (Å²) in [5, 5.41) is 2.68. The van der Waals surface area contributed by atoms with Crippen molar-refractivity contribution in [3.63, 3.8) is 0 Å². The van der Waals surface area contributed by atoms with Gasteiger partial charge in [0.2, 0.25) is 0 Å². The van der Waals surface area contributed by atoms with Crippen molar-refractivity contribution in [1.82, 2.24) is 9.55 Å². The Labute approximate surface area is 123 Å². The number of benzene rings is 1. The van der Waals surface area contributed by atoms with Gasteiger partial charge in [0.15, 0.2) is 0 Å². The number of hydrogen-bond acceptors (Lipinski definition) is 4. The van der Waals surface area contributed by atoms with E-state index in [1.807, 2.05) is 37.6 Å². The highest BCUT2D eigenvalue weighted by atomic mass is 16.6. The Hall–Kier alpha value is -2.50. The first-order valence-electron chi connectivity index (χ1n) is 6.55. The van der Waals surface area contributed by atoms with Gasteiger partial charge in [-0.3, -0.25) is 5.32 Å². The second kappa shape index (κ2) is 5.87. The standard InChI is InChI=1S/C15H19N3O3/c1-15(2,3)21-14(19)17-11-5-6-12(13(9-11)20-4)18-8-7-16-10-18/h5-10H,1-4H3,(H,17,19). The molecule has 1 aromatic heterocycles. The Morgan fingerprint density at radius 2 is 2.10 bits per heavy atom. The lowest BCUT2D eigenvalue weighted by atomic mass is 10.2. The number of amides is 1. The molecule has 0 aliphatic rings. The normalized spacial score (nSPS) is 11.0. The lowest BCUT2D eigenvalue weighted by Gasteiger charge is -2.20. The summed E-state index contributed by atoms with van der Waals surface area (Å²) in [6, 6.07) is 5.36. The van der Waals surface area contributed by atoms with Crippen molar-refractivity contribution >= 4 is 11.8 Å². The predicted octanol–water partition coefficient (Wildman–Crippen LogP) is 3.23. The van der Waals surface area contributed by atoms with Crippen molar-refractivity contribution in [2.45, 2.75) is 26.4 Å². The molecule has 6 heteroatoms. The van der Waals surface area contributed by atoms with Gasteiger partial charge in [0.25, 0.3) is 0 Å². The average Bonchev–Trinajstić information content (AvgIpc) is 2.89. The van der Waals surface area contributed by atoms with Crippen LogP contribution < -0.4 is 10.1 Å². The molecular weight excluding hydrogens is 270 g/mol. The first kappa shape index (κ1) is 14.9. The van der Waals surface area contributed by atoms with Crippen LogP contribution in [0.3, 0.4) is 0 Å². The summed E-state index contributed by atoms with van der Waals surface area (Å²) in [6.45, 7) is 5.44. The minimum absolute atomic E-state index is 0.500. The molecule has 6 nitrogen and oxygen atoms in total. The fraction of sp³-hybridized carbons (Fsp3) is 0.333. The first-order valence-corrected chi connectivity index (χ1v) is 6.55. The molecule has 0 atom stereocenters. The van der Waals surface area contributed by atoms with Gasteiger partial charge in [0.1, 0.15) is 11.4 Å². The van der Waals surface area contributed by atoms with Crippen molar-refractivity contribution in [2.75, 3.05) is 12.4 Å². The van der Waals surface area contributed by atoms with E-state index in [-0.39, 0.29) is 0 Å². The van der Waals surface area contributed by atoms with E-state index in [1.54, 1.807) is 31.8 Å². The summed E-state index contributed by atoms with van der Waals surface area (Å²) in [5.41, 5.74) is 0.903. The Morgan fingerprint density at radius 3 is 2.67 bits per heavy atom. The van der Waals surface area contributed by atoms with E-state index in [0.717, 1.165) is 5.69 Å². The van der Waals surface area contributed by atoms with Crippen LogP contribution in [-0.2, 0) is 4.74 Å². The number of nitrogens with one attached hydrogen (secondary N) is 1. The van der Waals surface area contributed by atoms with Gasteiger partial charge in [-0.25, -0.2) is 9.78 Å². The zero-order valence-electron chi connectivity index (χ0n) is 12.6. The van der Waals surface area contributed by atoms with E-state index in [9.17, 15) is 4.79 Å². The fourth-order valence-electron chi connectivity index (χ4n) is 1.79. The van der Waals surface area contributed by atoms with E-state index < -0.39 is 11.7 Å². The number of methoxy groups -OCH3 is 1. The van der Waals surface area contributed by atoms with Gasteiger partial charge in [-0.15, -0.1) is 0 Å². The zero-order chi connectivity index (χ0) is 15.5. The van der Waals surface area contributed by atoms with E-state index in [2.05, 4.69) is 10.3 Å². The SMILES string of the molecule is COc1cc(NC(=O)OC(C)(C)C)ccc1-n1ccnc1. The van der Waals surface area contributed by atoms with Crippen molar-refractivity contribution in [1.29, 1.82) is 0 Å². The van der Waals surface area contributed by atoms with Crippen LogP contribution in [-0.4, -0.2) is 28.4 Å². The molecule has 2 aromatic rings. The van der Waals surface area contributed by atoms with Gasteiger partial charge in [-0.05, 0) is 32.9 Å². The molecule has 0 bridgehead atoms. The van der Waals surface area contributed by atoms with E-state index in [4.69, 9.17) is 9.47 Å². The number of imidazole rings is 1. The Morgan fingerprint density at radius 1 is 1.33 bits per heavy atom. The molecule has 0 radical (unpaired) electrons. The van der Waals surface area contributed by atoms with Crippen LogP contribution in [0.4, 0.5) is 10.5 Å². The summed E-state index contributed by atoms with van der Waals surface area (Å²) in [5.74, 6) is 0.626. The summed E-state index contributed by atoms with van der Waals surface area (Å²) in [6.07, 6.45) is 4.68. The fourth-order valence-corrected chi connectivity index (χ4v) is 1.79. The summed E-state index contributed by atoms with van der Waals surface area (Å²) in [4.78, 5) is 15.8. The Bertz CT molecular complexity index is 616. The number of carbonyl (C=O) groups is 1. The number of hydrogen-bond donors (Lipinski definition) is 1. The first-order chi connectivity index (χ1) is 9.89. The molecule has 0 spiro atoms. The number of anilines is 1. The molecule has 0 aliphatic heterocycles. The van der Waals surface area contributed by atoms with Crippen LogP contribution in [0.2, 0.25) is 0 Å². The molecule has 0 saturated heterocycles. The number of aromatic nitrogens is 2. The Balaban J connectivity index is 2.18. The van der Waals surface area contributed by atoms with Crippen molar-refractivity contribution in [2.24, 2.45) is 0 Å². The topological polar surface area (TPSA) is 65.4 Å². The van der Waals surface area contributed by atoms with Crippen LogP contribution >= 0.6 is 0 Å². The lowest BCUT2D eigenvalue weighted by molar-refractivity contribution is 0.0636. The molecule has 1 heterocycles. The maximum Gasteiger partial charge on any atom is 0.412 e. The molecule has 1 aromatic carbocycles. The highest BCUT2D eigenvalue weighted by Gasteiger charge is 2.16. The van der Waals surface area contributed by atoms with Gasteiger partial charge in [0.05, 0.1) is 19.1 Å². The van der Waals surface area contributed by atoms with Crippen molar-refractivity contribution in [3.8, 4) is 11.4 Å². The molecule has 0 aliphatic carbocycles. The molecule has 0 saturated carbocycles. The van der Waals surface area contributed by atoms with Crippen LogP contribution in [0.5, 0.6) is 5.75 Å². The third-order valence-corrected chi connectivity index (χ3v) is 2.61. The van der Waals surface area contributed by atoms with Crippen LogP contribution in [0, 0.1) is 0 Å². The monoisotopic (exact) mass is 289 g/mol. The molecule has 0 fully saturated rings. The predicted molar refractivity (Wildman–Crippen MR) is 80.0 cm³/mol. The van der Waals surface area contributed by atoms with Crippen molar-refractivity contribution in [3.05, 3.63) is 36.9 Å². The van der Waals surface area contributed by atoms with Gasteiger partial charge in [0, 0.05) is 24.1 Å². The van der Waals surface area contributed by atoms with Gasteiger partial charge >= 0.3 is 6.09 Å². The highest BCUT2D eigenvalue weighted by molar-refractivity contribution is 5.85. The summed E-state index contributed by atoms with van der Waals surface area (Å²) >= 11 is 0. The highest BCUT2D eigenvalue weighted by Crippen LogP contribution is 2.26.